The number of sulfonamides is 1. The average molecular weight is 486 g/mol. The Bertz CT molecular complexity index is 1310. The molecule has 0 aliphatic rings. The molecule has 0 unspecified atom stereocenters. The van der Waals surface area contributed by atoms with E-state index in [2.05, 4.69) is 0 Å². The lowest BCUT2D eigenvalue weighted by Crippen LogP contribution is -2.36. The highest BCUT2D eigenvalue weighted by Crippen LogP contribution is 2.33. The van der Waals surface area contributed by atoms with Crippen molar-refractivity contribution in [2.24, 2.45) is 0 Å². The van der Waals surface area contributed by atoms with Gasteiger partial charge in [0.2, 0.25) is 5.91 Å². The van der Waals surface area contributed by atoms with Crippen LogP contribution < -0.4 is 4.31 Å². The van der Waals surface area contributed by atoms with E-state index in [-0.39, 0.29) is 34.6 Å². The number of rotatable bonds is 7. The summed E-state index contributed by atoms with van der Waals surface area (Å²) >= 11 is 0. The largest absolute Gasteiger partial charge is 0.462 e. The summed E-state index contributed by atoms with van der Waals surface area (Å²) in [6.45, 7) is 11.4. The number of ether oxygens (including phenoxy) is 1. The van der Waals surface area contributed by atoms with E-state index < -0.39 is 21.9 Å². The first-order chi connectivity index (χ1) is 15.9. The normalized spacial score (nSPS) is 12.1. The lowest BCUT2D eigenvalue weighted by molar-refractivity contribution is -0.117. The number of hydrogen-bond donors (Lipinski definition) is 0. The molecule has 0 bridgehead atoms. The van der Waals surface area contributed by atoms with Crippen molar-refractivity contribution in [3.8, 4) is 0 Å². The molecule has 0 radical (unpaired) electrons. The number of aryl methyl sites for hydroxylation is 1. The highest BCUT2D eigenvalue weighted by Gasteiger charge is 2.32. The van der Waals surface area contributed by atoms with Crippen LogP contribution in [-0.2, 0) is 25.0 Å². The number of benzene rings is 2. The van der Waals surface area contributed by atoms with E-state index in [9.17, 15) is 18.0 Å². The molecule has 0 aliphatic carbocycles. The molecule has 0 N–H and O–H groups in total. The lowest BCUT2D eigenvalue weighted by atomic mass is 9.87. The predicted octanol–water partition coefficient (Wildman–Crippen LogP) is 5.74. The minimum absolute atomic E-state index is 0.0130. The van der Waals surface area contributed by atoms with E-state index in [1.165, 1.54) is 24.3 Å². The number of hydrogen-bond acceptors (Lipinski definition) is 6. The third kappa shape index (κ3) is 4.87. The van der Waals surface area contributed by atoms with Crippen LogP contribution in [0.25, 0.3) is 11.0 Å². The summed E-state index contributed by atoms with van der Waals surface area (Å²) in [5.41, 5.74) is 1.59. The summed E-state index contributed by atoms with van der Waals surface area (Å²) in [7, 11) is -4.21. The molecule has 0 atom stereocenters. The predicted molar refractivity (Wildman–Crippen MR) is 132 cm³/mol. The summed E-state index contributed by atoms with van der Waals surface area (Å²) in [4.78, 5) is 25.6. The van der Waals surface area contributed by atoms with Crippen molar-refractivity contribution >= 4 is 38.6 Å². The Morgan fingerprint density at radius 3 is 2.24 bits per heavy atom. The highest BCUT2D eigenvalue weighted by molar-refractivity contribution is 7.93. The number of amides is 1. The second-order valence-electron chi connectivity index (χ2n) is 9.12. The molecule has 3 rings (SSSR count). The van der Waals surface area contributed by atoms with Gasteiger partial charge in [-0.15, -0.1) is 0 Å². The molecule has 0 saturated heterocycles. The van der Waals surface area contributed by atoms with Gasteiger partial charge >= 0.3 is 5.97 Å². The van der Waals surface area contributed by atoms with Crippen molar-refractivity contribution in [2.75, 3.05) is 10.9 Å². The van der Waals surface area contributed by atoms with Crippen molar-refractivity contribution < 1.29 is 27.2 Å². The first kappa shape index (κ1) is 25.5. The molecule has 8 heteroatoms. The van der Waals surface area contributed by atoms with Crippen LogP contribution in [0.5, 0.6) is 0 Å². The van der Waals surface area contributed by atoms with Gasteiger partial charge in [-0.05, 0) is 61.6 Å². The standard InChI is InChI=1S/C26H31NO6S/c1-7-9-23(28)27(34(30,31)20-13-10-18(11-14-20)26(4,5)6)19-12-15-22-21(16-19)24(17(3)33-22)25(29)32-8-2/h10-16H,7-9H2,1-6H3. The molecular formula is C26H31NO6S. The second kappa shape index (κ2) is 9.62. The smallest absolute Gasteiger partial charge is 0.342 e. The molecule has 34 heavy (non-hydrogen) atoms. The van der Waals surface area contributed by atoms with E-state index in [0.29, 0.717) is 23.2 Å². The quantitative estimate of drug-likeness (QED) is 0.396. The molecule has 182 valence electrons. The zero-order chi connectivity index (χ0) is 25.3. The van der Waals surface area contributed by atoms with E-state index in [1.807, 2.05) is 27.7 Å². The number of carbonyl (C=O) groups excluding carboxylic acids is 2. The SMILES string of the molecule is CCCC(=O)N(c1ccc2oc(C)c(C(=O)OCC)c2c1)S(=O)(=O)c1ccc(C(C)(C)C)cc1. The van der Waals surface area contributed by atoms with Gasteiger partial charge in [-0.25, -0.2) is 17.5 Å². The molecule has 1 aromatic heterocycles. The van der Waals surface area contributed by atoms with Crippen molar-refractivity contribution in [1.82, 2.24) is 0 Å². The Kier molecular flexibility index (Phi) is 7.21. The second-order valence-corrected chi connectivity index (χ2v) is 10.9. The summed E-state index contributed by atoms with van der Waals surface area (Å²) < 4.78 is 39.0. The third-order valence-electron chi connectivity index (χ3n) is 5.51. The van der Waals surface area contributed by atoms with Crippen molar-refractivity contribution in [1.29, 1.82) is 0 Å². The number of carbonyl (C=O) groups is 2. The summed E-state index contributed by atoms with van der Waals surface area (Å²) in [5.74, 6) is -0.764. The topological polar surface area (TPSA) is 93.9 Å². The monoisotopic (exact) mass is 485 g/mol. The van der Waals surface area contributed by atoms with Gasteiger partial charge in [0.25, 0.3) is 10.0 Å². The van der Waals surface area contributed by atoms with E-state index in [1.54, 1.807) is 32.0 Å². The first-order valence-corrected chi connectivity index (χ1v) is 12.7. The molecule has 0 saturated carbocycles. The molecule has 2 aromatic carbocycles. The molecule has 1 heterocycles. The van der Waals surface area contributed by atoms with E-state index in [0.717, 1.165) is 9.87 Å². The summed E-state index contributed by atoms with van der Waals surface area (Å²) in [5, 5.41) is 0.390. The zero-order valence-electron chi connectivity index (χ0n) is 20.5. The van der Waals surface area contributed by atoms with Gasteiger partial charge in [-0.1, -0.05) is 39.8 Å². The van der Waals surface area contributed by atoms with Crippen LogP contribution in [0.3, 0.4) is 0 Å². The maximum atomic E-state index is 13.7. The minimum atomic E-state index is -4.21. The molecule has 0 spiro atoms. The number of furan rings is 1. The van der Waals surface area contributed by atoms with Crippen LogP contribution in [0.2, 0.25) is 0 Å². The number of fused-ring (bicyclic) bond motifs is 1. The highest BCUT2D eigenvalue weighted by atomic mass is 32.2. The molecule has 3 aromatic rings. The Balaban J connectivity index is 2.17. The van der Waals surface area contributed by atoms with Gasteiger partial charge in [0.15, 0.2) is 0 Å². The van der Waals surface area contributed by atoms with Crippen LogP contribution >= 0.6 is 0 Å². The summed E-state index contributed by atoms with van der Waals surface area (Å²) in [6, 6.07) is 11.1. The van der Waals surface area contributed by atoms with Crippen LogP contribution in [0.4, 0.5) is 5.69 Å². The lowest BCUT2D eigenvalue weighted by Gasteiger charge is -2.24. The molecule has 1 amide bonds. The fourth-order valence-corrected chi connectivity index (χ4v) is 5.20. The van der Waals surface area contributed by atoms with Crippen LogP contribution in [0, 0.1) is 6.92 Å². The van der Waals surface area contributed by atoms with Gasteiger partial charge in [0.1, 0.15) is 16.9 Å². The van der Waals surface area contributed by atoms with Gasteiger partial charge in [-0.3, -0.25) is 4.79 Å². The molecule has 7 nitrogen and oxygen atoms in total. The number of anilines is 1. The first-order valence-electron chi connectivity index (χ1n) is 11.3. The fourth-order valence-electron chi connectivity index (χ4n) is 3.76. The Labute approximate surface area is 200 Å². The minimum Gasteiger partial charge on any atom is -0.462 e. The maximum Gasteiger partial charge on any atom is 0.342 e. The zero-order valence-corrected chi connectivity index (χ0v) is 21.3. The number of nitrogens with zero attached hydrogens (tertiary/aromatic N) is 1. The van der Waals surface area contributed by atoms with Gasteiger partial charge in [-0.2, -0.15) is 0 Å². The Hall–Kier alpha value is -3.13. The van der Waals surface area contributed by atoms with Gasteiger partial charge < -0.3 is 9.15 Å². The van der Waals surface area contributed by atoms with E-state index in [4.69, 9.17) is 9.15 Å². The summed E-state index contributed by atoms with van der Waals surface area (Å²) in [6.07, 6.45) is 0.529. The Morgan fingerprint density at radius 1 is 1.03 bits per heavy atom. The third-order valence-corrected chi connectivity index (χ3v) is 7.27. The van der Waals surface area contributed by atoms with Crippen LogP contribution in [0.15, 0.2) is 51.8 Å². The fraction of sp³-hybridized carbons (Fsp3) is 0.385. The van der Waals surface area contributed by atoms with Crippen molar-refractivity contribution in [3.05, 3.63) is 59.4 Å². The van der Waals surface area contributed by atoms with Gasteiger partial charge in [0.05, 0.1) is 17.2 Å². The van der Waals surface area contributed by atoms with E-state index >= 15 is 0 Å². The maximum absolute atomic E-state index is 13.7. The molecule has 0 fully saturated rings. The van der Waals surface area contributed by atoms with Crippen LogP contribution in [0.1, 0.15) is 69.1 Å². The molecule has 0 aliphatic heterocycles. The average Bonchev–Trinajstić information content (AvgIpc) is 3.08. The molecular weight excluding hydrogens is 454 g/mol. The number of esters is 1. The van der Waals surface area contributed by atoms with Crippen molar-refractivity contribution in [3.63, 3.8) is 0 Å². The van der Waals surface area contributed by atoms with Crippen LogP contribution in [-0.4, -0.2) is 26.9 Å². The van der Waals surface area contributed by atoms with Gasteiger partial charge in [0, 0.05) is 11.8 Å². The Morgan fingerprint density at radius 2 is 1.68 bits per heavy atom. The van der Waals surface area contributed by atoms with Crippen molar-refractivity contribution in [2.45, 2.75) is 64.7 Å².